The number of hydrogen-bond donors (Lipinski definition) is 1. The predicted octanol–water partition coefficient (Wildman–Crippen LogP) is 1.03. The van der Waals surface area contributed by atoms with E-state index in [1.165, 1.54) is 0 Å². The summed E-state index contributed by atoms with van der Waals surface area (Å²) in [6.07, 6.45) is 1.82. The Kier molecular flexibility index (Phi) is 8.33. The third-order valence-corrected chi connectivity index (χ3v) is 2.47. The van der Waals surface area contributed by atoms with E-state index in [4.69, 9.17) is 9.84 Å². The molecule has 0 rings (SSSR count). The number of amides is 1. The minimum Gasteiger partial charge on any atom is -0.395 e. The number of ether oxygens (including phenoxy) is 1. The van der Waals surface area contributed by atoms with Gasteiger partial charge in [0.25, 0.3) is 0 Å². The first kappa shape index (κ1) is 14.4. The molecule has 0 fully saturated rings. The Morgan fingerprint density at radius 2 is 1.93 bits per heavy atom. The molecule has 0 unspecified atom stereocenters. The summed E-state index contributed by atoms with van der Waals surface area (Å²) in [6, 6.07) is 0.213. The summed E-state index contributed by atoms with van der Waals surface area (Å²) in [7, 11) is 0. The van der Waals surface area contributed by atoms with Crippen molar-refractivity contribution in [3.8, 4) is 0 Å². The van der Waals surface area contributed by atoms with E-state index < -0.39 is 0 Å². The molecule has 0 aliphatic carbocycles. The summed E-state index contributed by atoms with van der Waals surface area (Å²) in [6.45, 7) is 7.03. The van der Waals surface area contributed by atoms with Gasteiger partial charge in [-0.25, -0.2) is 0 Å². The molecule has 15 heavy (non-hydrogen) atoms. The minimum absolute atomic E-state index is 0.00830. The smallest absolute Gasteiger partial charge is 0.248 e. The second-order valence-electron chi connectivity index (χ2n) is 3.42. The molecule has 0 aliphatic rings. The molecule has 0 heterocycles. The highest BCUT2D eigenvalue weighted by atomic mass is 16.5. The van der Waals surface area contributed by atoms with Gasteiger partial charge in [0.2, 0.25) is 5.91 Å². The molecular weight excluding hydrogens is 194 g/mol. The Morgan fingerprint density at radius 3 is 2.33 bits per heavy atom. The SMILES string of the molecule is CCOCC(=O)N(CCO)C(CC)CC. The summed E-state index contributed by atoms with van der Waals surface area (Å²) in [5.41, 5.74) is 0. The van der Waals surface area contributed by atoms with E-state index in [0.717, 1.165) is 12.8 Å². The van der Waals surface area contributed by atoms with Crippen LogP contribution in [0.5, 0.6) is 0 Å². The van der Waals surface area contributed by atoms with Gasteiger partial charge in [-0.2, -0.15) is 0 Å². The van der Waals surface area contributed by atoms with Crippen molar-refractivity contribution in [2.45, 2.75) is 39.7 Å². The highest BCUT2D eigenvalue weighted by molar-refractivity contribution is 5.77. The third kappa shape index (κ3) is 5.14. The Hall–Kier alpha value is -0.610. The van der Waals surface area contributed by atoms with Crippen molar-refractivity contribution >= 4 is 5.91 Å². The number of carbonyl (C=O) groups is 1. The second-order valence-corrected chi connectivity index (χ2v) is 3.42. The lowest BCUT2D eigenvalue weighted by Gasteiger charge is -2.29. The number of aliphatic hydroxyl groups excluding tert-OH is 1. The van der Waals surface area contributed by atoms with Crippen molar-refractivity contribution in [3.05, 3.63) is 0 Å². The highest BCUT2D eigenvalue weighted by Gasteiger charge is 2.19. The van der Waals surface area contributed by atoms with E-state index in [1.54, 1.807) is 4.90 Å². The fourth-order valence-electron chi connectivity index (χ4n) is 1.62. The van der Waals surface area contributed by atoms with Gasteiger partial charge in [-0.3, -0.25) is 4.79 Å². The average Bonchev–Trinajstić information content (AvgIpc) is 2.26. The molecule has 0 atom stereocenters. The van der Waals surface area contributed by atoms with Crippen molar-refractivity contribution < 1.29 is 14.6 Å². The Balaban J connectivity index is 4.28. The van der Waals surface area contributed by atoms with Crippen LogP contribution in [0.25, 0.3) is 0 Å². The fourth-order valence-corrected chi connectivity index (χ4v) is 1.62. The lowest BCUT2D eigenvalue weighted by Crippen LogP contribution is -2.43. The van der Waals surface area contributed by atoms with Crippen molar-refractivity contribution in [1.29, 1.82) is 0 Å². The Labute approximate surface area is 92.2 Å². The average molecular weight is 217 g/mol. The molecule has 0 bridgehead atoms. The molecule has 0 aromatic carbocycles. The van der Waals surface area contributed by atoms with Gasteiger partial charge in [0.05, 0.1) is 6.61 Å². The monoisotopic (exact) mass is 217 g/mol. The molecule has 0 spiro atoms. The van der Waals surface area contributed by atoms with Gasteiger partial charge >= 0.3 is 0 Å². The molecule has 0 radical (unpaired) electrons. The fraction of sp³-hybridized carbons (Fsp3) is 0.909. The van der Waals surface area contributed by atoms with Crippen LogP contribution < -0.4 is 0 Å². The van der Waals surface area contributed by atoms with Crippen LogP contribution in [0.4, 0.5) is 0 Å². The van der Waals surface area contributed by atoms with Gasteiger partial charge in [0, 0.05) is 19.2 Å². The minimum atomic E-state index is -0.0281. The normalized spacial score (nSPS) is 10.7. The lowest BCUT2D eigenvalue weighted by atomic mass is 10.1. The highest BCUT2D eigenvalue weighted by Crippen LogP contribution is 2.08. The maximum atomic E-state index is 11.7. The Morgan fingerprint density at radius 1 is 1.33 bits per heavy atom. The van der Waals surface area contributed by atoms with Gasteiger partial charge in [0.1, 0.15) is 6.61 Å². The third-order valence-electron chi connectivity index (χ3n) is 2.47. The van der Waals surface area contributed by atoms with Crippen molar-refractivity contribution in [1.82, 2.24) is 4.90 Å². The molecule has 0 aromatic heterocycles. The standard InChI is InChI=1S/C11H23NO3/c1-4-10(5-2)12(7-8-13)11(14)9-15-6-3/h10,13H,4-9H2,1-3H3. The van der Waals surface area contributed by atoms with Crippen LogP contribution in [0.15, 0.2) is 0 Å². The molecule has 0 aromatic rings. The number of carbonyl (C=O) groups excluding carboxylic acids is 1. The first-order valence-corrected chi connectivity index (χ1v) is 5.69. The van der Waals surface area contributed by atoms with Gasteiger partial charge in [-0.15, -0.1) is 0 Å². The first-order chi connectivity index (χ1) is 7.21. The number of hydrogen-bond acceptors (Lipinski definition) is 3. The summed E-state index contributed by atoms with van der Waals surface area (Å²) in [4.78, 5) is 13.5. The number of aliphatic hydroxyl groups is 1. The molecule has 4 heteroatoms. The van der Waals surface area contributed by atoms with Crippen LogP contribution in [-0.4, -0.2) is 48.3 Å². The molecule has 1 N–H and O–H groups in total. The van der Waals surface area contributed by atoms with Gasteiger partial charge < -0.3 is 14.7 Å². The van der Waals surface area contributed by atoms with E-state index >= 15 is 0 Å². The van der Waals surface area contributed by atoms with Crippen LogP contribution in [0.1, 0.15) is 33.6 Å². The number of rotatable bonds is 8. The van der Waals surface area contributed by atoms with Crippen LogP contribution in [-0.2, 0) is 9.53 Å². The van der Waals surface area contributed by atoms with Gasteiger partial charge in [-0.1, -0.05) is 13.8 Å². The van der Waals surface area contributed by atoms with E-state index in [1.807, 2.05) is 20.8 Å². The molecule has 90 valence electrons. The number of nitrogens with zero attached hydrogens (tertiary/aromatic N) is 1. The van der Waals surface area contributed by atoms with Crippen molar-refractivity contribution in [3.63, 3.8) is 0 Å². The van der Waals surface area contributed by atoms with E-state index in [9.17, 15) is 4.79 Å². The predicted molar refractivity (Wildman–Crippen MR) is 59.7 cm³/mol. The molecule has 0 saturated heterocycles. The van der Waals surface area contributed by atoms with E-state index in [-0.39, 0.29) is 25.2 Å². The second kappa shape index (κ2) is 8.68. The van der Waals surface area contributed by atoms with Gasteiger partial charge in [-0.05, 0) is 19.8 Å². The quantitative estimate of drug-likeness (QED) is 0.660. The lowest BCUT2D eigenvalue weighted by molar-refractivity contribution is -0.139. The summed E-state index contributed by atoms with van der Waals surface area (Å²) < 4.78 is 5.09. The Bertz CT molecular complexity index is 169. The zero-order chi connectivity index (χ0) is 11.7. The largest absolute Gasteiger partial charge is 0.395 e. The van der Waals surface area contributed by atoms with Crippen molar-refractivity contribution in [2.75, 3.05) is 26.4 Å². The maximum Gasteiger partial charge on any atom is 0.248 e. The maximum absolute atomic E-state index is 11.7. The van der Waals surface area contributed by atoms with Crippen LogP contribution in [0.3, 0.4) is 0 Å². The molecule has 4 nitrogen and oxygen atoms in total. The zero-order valence-corrected chi connectivity index (χ0v) is 10.0. The van der Waals surface area contributed by atoms with E-state index in [0.29, 0.717) is 13.2 Å². The van der Waals surface area contributed by atoms with Crippen LogP contribution >= 0.6 is 0 Å². The summed E-state index contributed by atoms with van der Waals surface area (Å²) >= 11 is 0. The molecule has 1 amide bonds. The molecular formula is C11H23NO3. The van der Waals surface area contributed by atoms with Crippen molar-refractivity contribution in [2.24, 2.45) is 0 Å². The van der Waals surface area contributed by atoms with Gasteiger partial charge in [0.15, 0.2) is 0 Å². The molecule has 0 saturated carbocycles. The topological polar surface area (TPSA) is 49.8 Å². The van der Waals surface area contributed by atoms with Crippen LogP contribution in [0.2, 0.25) is 0 Å². The summed E-state index contributed by atoms with van der Waals surface area (Å²) in [5.74, 6) is -0.0281. The summed E-state index contributed by atoms with van der Waals surface area (Å²) in [5, 5.41) is 8.92. The van der Waals surface area contributed by atoms with E-state index in [2.05, 4.69) is 0 Å². The van der Waals surface area contributed by atoms with Crippen LogP contribution in [0, 0.1) is 0 Å². The molecule has 0 aliphatic heterocycles. The first-order valence-electron chi connectivity index (χ1n) is 5.69. The zero-order valence-electron chi connectivity index (χ0n) is 10.0.